The summed E-state index contributed by atoms with van der Waals surface area (Å²) in [6, 6.07) is 5.92. The van der Waals surface area contributed by atoms with Crippen LogP contribution in [-0.4, -0.2) is 48.7 Å². The van der Waals surface area contributed by atoms with Crippen LogP contribution in [-0.2, 0) is 10.7 Å². The van der Waals surface area contributed by atoms with Gasteiger partial charge < -0.3 is 4.74 Å². The summed E-state index contributed by atoms with van der Waals surface area (Å²) >= 11 is 0. The minimum atomic E-state index is -3.51. The van der Waals surface area contributed by atoms with E-state index in [2.05, 4.69) is 25.6 Å². The van der Waals surface area contributed by atoms with E-state index in [0.29, 0.717) is 5.65 Å². The Morgan fingerprint density at radius 1 is 1.10 bits per heavy atom. The summed E-state index contributed by atoms with van der Waals surface area (Å²) in [4.78, 5) is 16.0. The van der Waals surface area contributed by atoms with Gasteiger partial charge in [-0.15, -0.1) is 10.2 Å². The molecule has 30 heavy (non-hydrogen) atoms. The van der Waals surface area contributed by atoms with E-state index >= 15 is 8.78 Å². The number of ether oxygens (including phenoxy) is 1. The lowest BCUT2D eigenvalue weighted by molar-refractivity contribution is 0.0258. The number of rotatable bonds is 3. The topological polar surface area (TPSA) is 98.7 Å². The first kappa shape index (κ1) is 19.7. The number of hydrogen-bond acceptors (Lipinski definition) is 6. The molecule has 9 nitrogen and oxygen atoms in total. The molecule has 1 N–H and O–H groups in total. The van der Waals surface area contributed by atoms with Crippen molar-refractivity contribution >= 4 is 36.5 Å². The third-order valence-electron chi connectivity index (χ3n) is 4.10. The molecule has 0 aromatic carbocycles. The van der Waals surface area contributed by atoms with Gasteiger partial charge >= 0.3 is 12.0 Å². The van der Waals surface area contributed by atoms with E-state index in [-0.39, 0.29) is 11.5 Å². The lowest BCUT2D eigenvalue weighted by Crippen LogP contribution is -2.27. The number of nitrogens with one attached hydrogen (secondary N) is 1. The van der Waals surface area contributed by atoms with Crippen molar-refractivity contribution in [1.29, 1.82) is 0 Å². The summed E-state index contributed by atoms with van der Waals surface area (Å²) in [6.45, 7) is 5.17. The Morgan fingerprint density at radius 2 is 1.83 bits per heavy atom. The molecular formula is C18H18BF2N7O2. The molecule has 0 radical (unpaired) electrons. The average molecular weight is 413 g/mol. The summed E-state index contributed by atoms with van der Waals surface area (Å²) in [5.41, 5.74) is 0.156. The molecule has 12 heteroatoms. The second-order valence-corrected chi connectivity index (χ2v) is 7.81. The van der Waals surface area contributed by atoms with Gasteiger partial charge in [0.2, 0.25) is 5.82 Å². The normalized spacial score (nSPS) is 12.4. The maximum Gasteiger partial charge on any atom is 0.413 e. The molecule has 0 unspecified atom stereocenters. The van der Waals surface area contributed by atoms with Gasteiger partial charge in [-0.2, -0.15) is 13.9 Å². The molecule has 0 spiro atoms. The third kappa shape index (κ3) is 3.67. The largest absolute Gasteiger partial charge is 0.444 e. The molecule has 0 fully saturated rings. The van der Waals surface area contributed by atoms with Crippen LogP contribution in [0.3, 0.4) is 0 Å². The van der Waals surface area contributed by atoms with Crippen LogP contribution in [0.1, 0.15) is 32.3 Å². The molecule has 154 valence electrons. The molecular weight excluding hydrogens is 395 g/mol. The van der Waals surface area contributed by atoms with Crippen molar-refractivity contribution in [2.75, 3.05) is 5.32 Å². The average Bonchev–Trinajstić information content (AvgIpc) is 3.22. The van der Waals surface area contributed by atoms with Gasteiger partial charge in [-0.25, -0.2) is 14.3 Å². The number of alkyl halides is 2. The number of amides is 1. The molecule has 0 aliphatic rings. The predicted molar refractivity (Wildman–Crippen MR) is 107 cm³/mol. The fourth-order valence-electron chi connectivity index (χ4n) is 2.84. The summed E-state index contributed by atoms with van der Waals surface area (Å²) in [5, 5.41) is 13.9. The smallest absolute Gasteiger partial charge is 0.413 e. The lowest BCUT2D eigenvalue weighted by Gasteiger charge is -2.18. The Kier molecular flexibility index (Phi) is 4.44. The van der Waals surface area contributed by atoms with Crippen LogP contribution in [0, 0.1) is 0 Å². The van der Waals surface area contributed by atoms with Gasteiger partial charge in [0.1, 0.15) is 19.1 Å². The number of carbonyl (C=O) groups is 1. The first-order valence-electron chi connectivity index (χ1n) is 9.09. The Bertz CT molecular complexity index is 1260. The maximum absolute atomic E-state index is 15.2. The van der Waals surface area contributed by atoms with Crippen LogP contribution >= 0.6 is 0 Å². The van der Waals surface area contributed by atoms with Crippen LogP contribution < -0.4 is 10.8 Å². The van der Waals surface area contributed by atoms with Gasteiger partial charge in [-0.3, -0.25) is 9.72 Å². The summed E-state index contributed by atoms with van der Waals surface area (Å²) in [6.07, 6.45) is 2.16. The standard InChI is InChI=1S/C18H18BF2N7O2/c1-17(2,3)30-16(29)23-12-9-28-13(22-12)7-5-11(26-28)18(20,21)15-25-24-14-6-4-10(19)8-27(14)15/h4-9H,19H2,1-3H3,(H,23,29). The fourth-order valence-corrected chi connectivity index (χ4v) is 2.84. The zero-order valence-electron chi connectivity index (χ0n) is 16.7. The second-order valence-electron chi connectivity index (χ2n) is 7.81. The molecule has 4 rings (SSSR count). The molecule has 1 amide bonds. The van der Waals surface area contributed by atoms with Gasteiger partial charge in [0, 0.05) is 6.20 Å². The molecule has 0 saturated carbocycles. The van der Waals surface area contributed by atoms with Crippen molar-refractivity contribution in [3.05, 3.63) is 48.2 Å². The van der Waals surface area contributed by atoms with Gasteiger partial charge in [0.05, 0.1) is 6.20 Å². The van der Waals surface area contributed by atoms with Crippen molar-refractivity contribution in [2.45, 2.75) is 32.3 Å². The number of aromatic nitrogens is 6. The van der Waals surface area contributed by atoms with Crippen LogP contribution in [0.2, 0.25) is 0 Å². The van der Waals surface area contributed by atoms with E-state index in [1.807, 2.05) is 0 Å². The highest BCUT2D eigenvalue weighted by Crippen LogP contribution is 2.33. The van der Waals surface area contributed by atoms with Crippen molar-refractivity contribution < 1.29 is 18.3 Å². The van der Waals surface area contributed by atoms with E-state index in [4.69, 9.17) is 4.74 Å². The van der Waals surface area contributed by atoms with E-state index in [9.17, 15) is 4.79 Å². The molecule has 0 aliphatic carbocycles. The quantitative estimate of drug-likeness (QED) is 0.512. The Hall–Kier alpha value is -3.57. The monoisotopic (exact) mass is 413 g/mol. The van der Waals surface area contributed by atoms with Gasteiger partial charge in [0.15, 0.2) is 17.1 Å². The van der Waals surface area contributed by atoms with Crippen LogP contribution in [0.5, 0.6) is 0 Å². The first-order chi connectivity index (χ1) is 14.0. The number of anilines is 1. The Balaban J connectivity index is 1.67. The molecule has 4 aromatic heterocycles. The Labute approximate surface area is 170 Å². The molecule has 0 bridgehead atoms. The number of nitrogens with zero attached hydrogens (tertiary/aromatic N) is 6. The summed E-state index contributed by atoms with van der Waals surface area (Å²) in [5.74, 6) is -3.93. The number of pyridine rings is 1. The molecule has 4 heterocycles. The van der Waals surface area contributed by atoms with Gasteiger partial charge in [0.25, 0.3) is 0 Å². The SMILES string of the molecule is Bc1ccc2nnc(C(F)(F)c3ccc4nc(NC(=O)OC(C)(C)C)cn4n3)n2c1. The Morgan fingerprint density at radius 3 is 2.57 bits per heavy atom. The van der Waals surface area contributed by atoms with Crippen molar-refractivity contribution in [3.63, 3.8) is 0 Å². The van der Waals surface area contributed by atoms with Crippen LogP contribution in [0.15, 0.2) is 36.7 Å². The van der Waals surface area contributed by atoms with E-state index in [1.54, 1.807) is 40.8 Å². The molecule has 0 atom stereocenters. The third-order valence-corrected chi connectivity index (χ3v) is 4.10. The minimum Gasteiger partial charge on any atom is -0.444 e. The molecule has 0 saturated heterocycles. The lowest BCUT2D eigenvalue weighted by atomic mass is 9.99. The van der Waals surface area contributed by atoms with E-state index in [1.165, 1.54) is 22.9 Å². The van der Waals surface area contributed by atoms with Crippen LogP contribution in [0.25, 0.3) is 11.3 Å². The van der Waals surface area contributed by atoms with Gasteiger partial charge in [-0.1, -0.05) is 11.5 Å². The number of halogens is 2. The summed E-state index contributed by atoms with van der Waals surface area (Å²) in [7, 11) is 1.79. The maximum atomic E-state index is 15.2. The fraction of sp³-hybridized carbons (Fsp3) is 0.278. The van der Waals surface area contributed by atoms with Crippen LogP contribution in [0.4, 0.5) is 19.4 Å². The number of carbonyl (C=O) groups excluding carboxylic acids is 1. The van der Waals surface area contributed by atoms with E-state index in [0.717, 1.165) is 16.0 Å². The highest BCUT2D eigenvalue weighted by atomic mass is 19.3. The number of hydrogen-bond donors (Lipinski definition) is 1. The number of fused-ring (bicyclic) bond motifs is 2. The van der Waals surface area contributed by atoms with Crippen molar-refractivity contribution in [1.82, 2.24) is 29.2 Å². The highest BCUT2D eigenvalue weighted by molar-refractivity contribution is 6.32. The zero-order chi connectivity index (χ0) is 21.7. The van der Waals surface area contributed by atoms with Gasteiger partial charge in [-0.05, 0) is 39.0 Å². The first-order valence-corrected chi connectivity index (χ1v) is 9.09. The molecule has 0 aliphatic heterocycles. The second kappa shape index (κ2) is 6.75. The van der Waals surface area contributed by atoms with E-state index < -0.39 is 29.1 Å². The summed E-state index contributed by atoms with van der Waals surface area (Å²) < 4.78 is 38.0. The zero-order valence-corrected chi connectivity index (χ0v) is 16.7. The highest BCUT2D eigenvalue weighted by Gasteiger charge is 2.41. The van der Waals surface area contributed by atoms with Crippen molar-refractivity contribution in [3.8, 4) is 0 Å². The van der Waals surface area contributed by atoms with Crippen molar-refractivity contribution in [2.24, 2.45) is 0 Å². The minimum absolute atomic E-state index is 0.126. The number of imidazole rings is 1. The predicted octanol–water partition coefficient (Wildman–Crippen LogP) is 1.52. The molecule has 4 aromatic rings.